The number of ether oxygens (including phenoxy) is 3. The van der Waals surface area contributed by atoms with Gasteiger partial charge in [0.05, 0.1) is 14.2 Å². The summed E-state index contributed by atoms with van der Waals surface area (Å²) >= 11 is 0. The van der Waals surface area contributed by atoms with Gasteiger partial charge < -0.3 is 14.2 Å². The molecule has 0 N–H and O–H groups in total. The van der Waals surface area contributed by atoms with Crippen molar-refractivity contribution in [3.05, 3.63) is 12.7 Å². The van der Waals surface area contributed by atoms with Crippen LogP contribution in [0.1, 0.15) is 84.0 Å². The molecule has 0 saturated heterocycles. The number of methoxy groups -OCH3 is 2. The molecule has 0 aliphatic carbocycles. The molecule has 0 aromatic carbocycles. The van der Waals surface area contributed by atoms with Gasteiger partial charge in [-0.15, -0.1) is 6.58 Å². The fraction of sp³-hybridized carbons (Fsp3) is 0.783. The Morgan fingerprint density at radius 3 is 2.06 bits per heavy atom. The van der Waals surface area contributed by atoms with Gasteiger partial charge in [-0.05, 0) is 51.4 Å². The highest BCUT2D eigenvalue weighted by Gasteiger charge is 2.48. The second kappa shape index (κ2) is 15.8. The van der Waals surface area contributed by atoms with Crippen molar-refractivity contribution in [2.75, 3.05) is 20.5 Å². The number of carbonyl (C=O) groups is 3. The maximum absolute atomic E-state index is 12.7. The molecule has 2 unspecified atom stereocenters. The molecule has 0 spiro atoms. The summed E-state index contributed by atoms with van der Waals surface area (Å²) in [5.74, 6) is -1.42. The molecule has 0 aromatic heterocycles. The summed E-state index contributed by atoms with van der Waals surface area (Å²) in [6.45, 7) is 5.02. The molecule has 0 amide bonds. The van der Waals surface area contributed by atoms with Crippen LogP contribution in [0, 0.1) is 0 Å². The van der Waals surface area contributed by atoms with Gasteiger partial charge in [-0.2, -0.15) is 0 Å². The molecule has 0 heterocycles. The van der Waals surface area contributed by atoms with E-state index in [-0.39, 0.29) is 30.9 Å². The number of hydrogen-bond donors (Lipinski definition) is 0. The molecule has 0 aliphatic rings. The largest absolute Gasteiger partial charge is 0.469 e. The Bertz CT molecular complexity index is 701. The molecule has 0 radical (unpaired) electrons. The summed E-state index contributed by atoms with van der Waals surface area (Å²) in [5.41, 5.74) is 0. The van der Waals surface area contributed by atoms with Crippen LogP contribution in [0.15, 0.2) is 12.7 Å². The predicted octanol–water partition coefficient (Wildman–Crippen LogP) is 3.91. The maximum atomic E-state index is 12.7. The minimum atomic E-state index is -3.76. The third-order valence-electron chi connectivity index (χ3n) is 5.58. The number of allylic oxidation sites excluding steroid dienone is 1. The third kappa shape index (κ3) is 11.1. The molecular weight excluding hydrogens is 436 g/mol. The van der Waals surface area contributed by atoms with E-state index in [1.807, 2.05) is 0 Å². The smallest absolute Gasteiger partial charge is 0.327 e. The van der Waals surface area contributed by atoms with E-state index in [1.54, 1.807) is 6.08 Å². The van der Waals surface area contributed by atoms with Gasteiger partial charge in [-0.3, -0.25) is 14.4 Å². The van der Waals surface area contributed by atoms with Crippen LogP contribution in [-0.2, 0) is 38.4 Å². The van der Waals surface area contributed by atoms with E-state index in [4.69, 9.17) is 9.47 Å². The highest BCUT2D eigenvalue weighted by atomic mass is 32.2. The van der Waals surface area contributed by atoms with Crippen LogP contribution in [0.2, 0.25) is 0 Å². The van der Waals surface area contributed by atoms with E-state index >= 15 is 0 Å². The molecule has 186 valence electrons. The molecule has 32 heavy (non-hydrogen) atoms. The molecule has 0 bridgehead atoms. The van der Waals surface area contributed by atoms with Gasteiger partial charge in [-0.25, -0.2) is 8.42 Å². The summed E-state index contributed by atoms with van der Waals surface area (Å²) in [5, 5.41) is 0. The first-order valence-corrected chi connectivity index (χ1v) is 13.1. The van der Waals surface area contributed by atoms with E-state index in [9.17, 15) is 22.8 Å². The Morgan fingerprint density at radius 2 is 1.53 bits per heavy atom. The van der Waals surface area contributed by atoms with Crippen LogP contribution in [0.5, 0.6) is 0 Å². The monoisotopic (exact) mass is 476 g/mol. The van der Waals surface area contributed by atoms with Crippen molar-refractivity contribution in [2.45, 2.75) is 94.8 Å². The minimum absolute atomic E-state index is 0.0971. The zero-order valence-electron chi connectivity index (χ0n) is 20.0. The summed E-state index contributed by atoms with van der Waals surface area (Å²) in [7, 11) is -1.23. The Morgan fingerprint density at radius 1 is 0.938 bits per heavy atom. The molecule has 0 fully saturated rings. The first-order chi connectivity index (χ1) is 15.0. The highest BCUT2D eigenvalue weighted by molar-refractivity contribution is 7.92. The number of unbranched alkanes of at least 4 members (excludes halogenated alkanes) is 4. The van der Waals surface area contributed by atoms with Crippen molar-refractivity contribution in [3.63, 3.8) is 0 Å². The lowest BCUT2D eigenvalue weighted by Gasteiger charge is -2.30. The first kappa shape index (κ1) is 30.1. The predicted molar refractivity (Wildman–Crippen MR) is 123 cm³/mol. The third-order valence-corrected chi connectivity index (χ3v) is 7.57. The van der Waals surface area contributed by atoms with Crippen molar-refractivity contribution >= 4 is 27.7 Å². The molecular formula is C23H40O8S. The lowest BCUT2D eigenvalue weighted by atomic mass is 9.92. The second-order valence-corrected chi connectivity index (χ2v) is 10.4. The van der Waals surface area contributed by atoms with Crippen LogP contribution in [-0.4, -0.2) is 57.7 Å². The lowest BCUT2D eigenvalue weighted by Crippen LogP contribution is -2.47. The second-order valence-electron chi connectivity index (χ2n) is 8.09. The van der Waals surface area contributed by atoms with Crippen LogP contribution in [0.4, 0.5) is 0 Å². The molecule has 0 saturated carbocycles. The minimum Gasteiger partial charge on any atom is -0.469 e. The van der Waals surface area contributed by atoms with Gasteiger partial charge in [0.15, 0.2) is 14.6 Å². The van der Waals surface area contributed by atoms with Crippen LogP contribution >= 0.6 is 0 Å². The van der Waals surface area contributed by atoms with E-state index in [1.165, 1.54) is 21.1 Å². The van der Waals surface area contributed by atoms with E-state index < -0.39 is 20.6 Å². The van der Waals surface area contributed by atoms with Crippen LogP contribution in [0.25, 0.3) is 0 Å². The van der Waals surface area contributed by atoms with Gasteiger partial charge >= 0.3 is 17.9 Å². The van der Waals surface area contributed by atoms with Crippen LogP contribution in [0.3, 0.4) is 0 Å². The number of hydrogen-bond acceptors (Lipinski definition) is 8. The topological polar surface area (TPSA) is 113 Å². The fourth-order valence-corrected chi connectivity index (χ4v) is 5.19. The quantitative estimate of drug-likeness (QED) is 0.127. The van der Waals surface area contributed by atoms with E-state index in [0.29, 0.717) is 44.9 Å². The first-order valence-electron chi connectivity index (χ1n) is 11.2. The zero-order chi connectivity index (χ0) is 24.6. The number of sulfone groups is 1. The zero-order valence-corrected chi connectivity index (χ0v) is 20.8. The van der Waals surface area contributed by atoms with Gasteiger partial charge in [0.25, 0.3) is 0 Å². The molecule has 8 nitrogen and oxygen atoms in total. The normalized spacial score (nSPS) is 14.1. The molecule has 2 atom stereocenters. The van der Waals surface area contributed by atoms with Crippen LogP contribution < -0.4 is 0 Å². The number of esters is 3. The summed E-state index contributed by atoms with van der Waals surface area (Å²) in [6.07, 6.45) is 8.76. The summed E-state index contributed by atoms with van der Waals surface area (Å²) in [4.78, 5) is 35.2. The average Bonchev–Trinajstić information content (AvgIpc) is 2.72. The SMILES string of the molecule is C=CCCCC(CCCC(CCCCCCC(=O)OC)(C(=O)OC)S(C)(=O)=O)OC(C)=O. The lowest BCUT2D eigenvalue weighted by molar-refractivity contribution is -0.148. The van der Waals surface area contributed by atoms with Crippen molar-refractivity contribution in [3.8, 4) is 0 Å². The van der Waals surface area contributed by atoms with E-state index in [0.717, 1.165) is 25.5 Å². The molecule has 0 aliphatic heterocycles. The van der Waals surface area contributed by atoms with E-state index in [2.05, 4.69) is 11.3 Å². The van der Waals surface area contributed by atoms with Gasteiger partial charge in [0.2, 0.25) is 0 Å². The average molecular weight is 477 g/mol. The molecule has 0 aromatic rings. The van der Waals surface area contributed by atoms with Crippen molar-refractivity contribution in [1.82, 2.24) is 0 Å². The van der Waals surface area contributed by atoms with Gasteiger partial charge in [-0.1, -0.05) is 25.3 Å². The Hall–Kier alpha value is -1.90. The number of carbonyl (C=O) groups excluding carboxylic acids is 3. The number of rotatable bonds is 18. The standard InChI is InChI=1S/C23H40O8S/c1-6-7-10-14-20(31-19(2)24)15-13-18-23(22(26)30-4,32(5,27)28)17-12-9-8-11-16-21(25)29-3/h6,20H,1,7-18H2,2-5H3. The van der Waals surface area contributed by atoms with Crippen molar-refractivity contribution in [1.29, 1.82) is 0 Å². The van der Waals surface area contributed by atoms with Crippen molar-refractivity contribution < 1.29 is 37.0 Å². The van der Waals surface area contributed by atoms with Crippen molar-refractivity contribution in [2.24, 2.45) is 0 Å². The van der Waals surface area contributed by atoms with Gasteiger partial charge in [0.1, 0.15) is 6.10 Å². The summed E-state index contributed by atoms with van der Waals surface area (Å²) < 4.78 is 38.6. The molecule has 9 heteroatoms. The van der Waals surface area contributed by atoms with Gasteiger partial charge in [0, 0.05) is 19.6 Å². The maximum Gasteiger partial charge on any atom is 0.327 e. The summed E-state index contributed by atoms with van der Waals surface area (Å²) in [6, 6.07) is 0. The Balaban J connectivity index is 5.11. The fourth-order valence-electron chi connectivity index (χ4n) is 3.77. The highest BCUT2D eigenvalue weighted by Crippen LogP contribution is 2.33. The molecule has 0 rings (SSSR count). The Kier molecular flexibility index (Phi) is 14.9. The Labute approximate surface area is 193 Å².